The van der Waals surface area contributed by atoms with Gasteiger partial charge in [0.25, 0.3) is 5.91 Å². The van der Waals surface area contributed by atoms with Crippen LogP contribution in [-0.4, -0.2) is 40.3 Å². The first-order valence-corrected chi connectivity index (χ1v) is 10.6. The highest BCUT2D eigenvalue weighted by Crippen LogP contribution is 2.28. The smallest absolute Gasteiger partial charge is 0.326 e. The molecule has 1 aromatic heterocycles. The van der Waals surface area contributed by atoms with Gasteiger partial charge in [0.15, 0.2) is 0 Å². The number of nitrogens with one attached hydrogen (secondary N) is 1. The molecular formula is C25H23FN4O3. The van der Waals surface area contributed by atoms with Gasteiger partial charge >= 0.3 is 6.03 Å². The summed E-state index contributed by atoms with van der Waals surface area (Å²) in [6.07, 6.45) is 3.59. The van der Waals surface area contributed by atoms with E-state index in [1.807, 2.05) is 25.1 Å². The highest BCUT2D eigenvalue weighted by atomic mass is 19.1. The Bertz CT molecular complexity index is 1190. The van der Waals surface area contributed by atoms with Crippen LogP contribution in [0.2, 0.25) is 0 Å². The molecule has 0 unspecified atom stereocenters. The maximum Gasteiger partial charge on any atom is 0.332 e. The van der Waals surface area contributed by atoms with Crippen LogP contribution >= 0.6 is 0 Å². The Morgan fingerprint density at radius 3 is 2.55 bits per heavy atom. The van der Waals surface area contributed by atoms with E-state index >= 15 is 0 Å². The van der Waals surface area contributed by atoms with Gasteiger partial charge in [-0.1, -0.05) is 18.2 Å². The molecular weight excluding hydrogens is 423 g/mol. The van der Waals surface area contributed by atoms with Crippen LogP contribution in [0.4, 0.5) is 20.6 Å². The number of hydrogen-bond donors (Lipinski definition) is 1. The maximum absolute atomic E-state index is 13.5. The molecule has 2 heterocycles. The number of imide groups is 1. The van der Waals surface area contributed by atoms with E-state index in [0.29, 0.717) is 12.1 Å². The minimum atomic E-state index is -0.964. The number of carbonyl (C=O) groups is 3. The molecule has 7 nitrogen and oxygen atoms in total. The van der Waals surface area contributed by atoms with E-state index in [1.165, 1.54) is 23.1 Å². The number of nitrogens with zero attached hydrogens (tertiary/aromatic N) is 3. The summed E-state index contributed by atoms with van der Waals surface area (Å²) in [4.78, 5) is 45.8. The van der Waals surface area contributed by atoms with Gasteiger partial charge in [-0.15, -0.1) is 0 Å². The van der Waals surface area contributed by atoms with E-state index in [2.05, 4.69) is 10.3 Å². The third-order valence-corrected chi connectivity index (χ3v) is 5.46. The molecule has 1 aliphatic rings. The topological polar surface area (TPSA) is 82.6 Å². The van der Waals surface area contributed by atoms with E-state index < -0.39 is 29.7 Å². The molecule has 1 fully saturated rings. The predicted molar refractivity (Wildman–Crippen MR) is 122 cm³/mol. The lowest BCUT2D eigenvalue weighted by Crippen LogP contribution is -2.39. The minimum absolute atomic E-state index is 0.236. The highest BCUT2D eigenvalue weighted by molar-refractivity contribution is 6.22. The fourth-order valence-corrected chi connectivity index (χ4v) is 3.84. The maximum atomic E-state index is 13.5. The molecule has 0 saturated carbocycles. The summed E-state index contributed by atoms with van der Waals surface area (Å²) >= 11 is 0. The number of rotatable bonds is 7. The Morgan fingerprint density at radius 1 is 1.06 bits per heavy atom. The average Bonchev–Trinajstić information content (AvgIpc) is 3.02. The molecule has 0 radical (unpaired) electrons. The van der Waals surface area contributed by atoms with Gasteiger partial charge in [0.05, 0.1) is 12.1 Å². The second-order valence-corrected chi connectivity index (χ2v) is 7.87. The first kappa shape index (κ1) is 22.1. The summed E-state index contributed by atoms with van der Waals surface area (Å²) in [6.45, 7) is 2.13. The van der Waals surface area contributed by atoms with Crippen LogP contribution in [-0.2, 0) is 16.0 Å². The van der Waals surface area contributed by atoms with Crippen molar-refractivity contribution in [2.24, 2.45) is 0 Å². The zero-order valence-corrected chi connectivity index (χ0v) is 18.1. The van der Waals surface area contributed by atoms with Crippen LogP contribution in [0.15, 0.2) is 73.1 Å². The molecule has 0 aliphatic carbocycles. The SMILES string of the molecule is Cc1cccc(N2C(=O)[C@H](CC(=O)Nc3cccc(F)c3)N(CCc3ccncc3)C2=O)c1. The predicted octanol–water partition coefficient (Wildman–Crippen LogP) is 3.94. The largest absolute Gasteiger partial charge is 0.332 e. The van der Waals surface area contributed by atoms with Crippen molar-refractivity contribution in [2.75, 3.05) is 16.8 Å². The van der Waals surface area contributed by atoms with Crippen molar-refractivity contribution >= 4 is 29.2 Å². The molecule has 8 heteroatoms. The lowest BCUT2D eigenvalue weighted by Gasteiger charge is -2.21. The summed E-state index contributed by atoms with van der Waals surface area (Å²) in [7, 11) is 0. The first-order valence-electron chi connectivity index (χ1n) is 10.6. The van der Waals surface area contributed by atoms with Gasteiger partial charge in [0, 0.05) is 24.6 Å². The standard InChI is InChI=1S/C25H23FN4O3/c1-17-4-2-7-21(14-17)30-24(32)22(16-23(31)28-20-6-3-5-19(26)15-20)29(25(30)33)13-10-18-8-11-27-12-9-18/h2-9,11-12,14-15,22H,10,13,16H2,1H3,(H,28,31)/t22-/m0/s1. The molecule has 0 bridgehead atoms. The third-order valence-electron chi connectivity index (χ3n) is 5.46. The molecule has 3 aromatic rings. The quantitative estimate of drug-likeness (QED) is 0.558. The second kappa shape index (κ2) is 9.60. The third kappa shape index (κ3) is 5.06. The number of carbonyl (C=O) groups excluding carboxylic acids is 3. The van der Waals surface area contributed by atoms with Crippen molar-refractivity contribution in [1.29, 1.82) is 0 Å². The van der Waals surface area contributed by atoms with E-state index in [4.69, 9.17) is 0 Å². The normalized spacial score (nSPS) is 15.8. The number of benzene rings is 2. The Morgan fingerprint density at radius 2 is 1.82 bits per heavy atom. The van der Waals surface area contributed by atoms with Crippen LogP contribution in [0.3, 0.4) is 0 Å². The van der Waals surface area contributed by atoms with Gasteiger partial charge in [-0.2, -0.15) is 0 Å². The molecule has 33 heavy (non-hydrogen) atoms. The number of pyridine rings is 1. The second-order valence-electron chi connectivity index (χ2n) is 7.87. The number of hydrogen-bond acceptors (Lipinski definition) is 4. The Kier molecular flexibility index (Phi) is 6.44. The van der Waals surface area contributed by atoms with Crippen LogP contribution in [0.25, 0.3) is 0 Å². The van der Waals surface area contributed by atoms with Crippen LogP contribution in [0, 0.1) is 12.7 Å². The lowest BCUT2D eigenvalue weighted by atomic mass is 10.1. The van der Waals surface area contributed by atoms with Crippen LogP contribution < -0.4 is 10.2 Å². The fourth-order valence-electron chi connectivity index (χ4n) is 3.84. The van der Waals surface area contributed by atoms with E-state index in [-0.39, 0.29) is 18.7 Å². The first-order chi connectivity index (χ1) is 15.9. The van der Waals surface area contributed by atoms with Crippen molar-refractivity contribution in [2.45, 2.75) is 25.8 Å². The van der Waals surface area contributed by atoms with Crippen LogP contribution in [0.5, 0.6) is 0 Å². The molecule has 2 aromatic carbocycles. The van der Waals surface area contributed by atoms with Crippen molar-refractivity contribution in [3.8, 4) is 0 Å². The average molecular weight is 446 g/mol. The van der Waals surface area contributed by atoms with Gasteiger partial charge in [-0.25, -0.2) is 14.1 Å². The number of aryl methyl sites for hydroxylation is 1. The van der Waals surface area contributed by atoms with Crippen molar-refractivity contribution < 1.29 is 18.8 Å². The molecule has 4 amide bonds. The number of amides is 4. The Labute approximate surface area is 190 Å². The molecule has 4 rings (SSSR count). The van der Waals surface area contributed by atoms with E-state index in [1.54, 1.807) is 36.7 Å². The molecule has 0 spiro atoms. The number of halogens is 1. The van der Waals surface area contributed by atoms with Gasteiger partial charge < -0.3 is 10.2 Å². The Hall–Kier alpha value is -4.07. The molecule has 1 atom stereocenters. The number of urea groups is 1. The van der Waals surface area contributed by atoms with Crippen LogP contribution in [0.1, 0.15) is 17.5 Å². The molecule has 1 N–H and O–H groups in total. The number of aromatic nitrogens is 1. The molecule has 1 aliphatic heterocycles. The van der Waals surface area contributed by atoms with E-state index in [9.17, 15) is 18.8 Å². The summed E-state index contributed by atoms with van der Waals surface area (Å²) < 4.78 is 13.5. The van der Waals surface area contributed by atoms with Gasteiger partial charge in [-0.3, -0.25) is 14.6 Å². The lowest BCUT2D eigenvalue weighted by molar-refractivity contribution is -0.124. The number of anilines is 2. The summed E-state index contributed by atoms with van der Waals surface area (Å²) in [6, 6.07) is 14.9. The summed E-state index contributed by atoms with van der Waals surface area (Å²) in [5.41, 5.74) is 2.62. The van der Waals surface area contributed by atoms with Gasteiger partial charge in [0.1, 0.15) is 11.9 Å². The Balaban J connectivity index is 1.56. The van der Waals surface area contributed by atoms with Crippen molar-refractivity contribution in [1.82, 2.24) is 9.88 Å². The summed E-state index contributed by atoms with van der Waals surface area (Å²) in [5, 5.41) is 2.61. The molecule has 1 saturated heterocycles. The monoisotopic (exact) mass is 446 g/mol. The highest BCUT2D eigenvalue weighted by Gasteiger charge is 2.46. The van der Waals surface area contributed by atoms with E-state index in [0.717, 1.165) is 16.0 Å². The summed E-state index contributed by atoms with van der Waals surface area (Å²) in [5.74, 6) is -1.43. The van der Waals surface area contributed by atoms with Gasteiger partial charge in [-0.05, 0) is 66.9 Å². The minimum Gasteiger partial charge on any atom is -0.326 e. The fraction of sp³-hybridized carbons (Fsp3) is 0.200. The molecule has 168 valence electrons. The van der Waals surface area contributed by atoms with Crippen molar-refractivity contribution in [3.05, 3.63) is 90.0 Å². The van der Waals surface area contributed by atoms with Gasteiger partial charge in [0.2, 0.25) is 5.91 Å². The van der Waals surface area contributed by atoms with Crippen molar-refractivity contribution in [3.63, 3.8) is 0 Å². The zero-order valence-electron chi connectivity index (χ0n) is 18.1. The zero-order chi connectivity index (χ0) is 23.4.